The number of methoxy groups -OCH3 is 1. The fourth-order valence-corrected chi connectivity index (χ4v) is 3.75. The van der Waals surface area contributed by atoms with Gasteiger partial charge >= 0.3 is 5.97 Å². The fourth-order valence-electron chi connectivity index (χ4n) is 1.78. The first-order chi connectivity index (χ1) is 9.92. The Morgan fingerprint density at radius 3 is 2.67 bits per heavy atom. The lowest BCUT2D eigenvalue weighted by molar-refractivity contribution is -0.139. The normalized spacial score (nSPS) is 20.5. The standard InChI is InChI=1S/C13H16N2O4S2/c1-9-3-5-11(6-4-9)21(17,18)15-14-10-7-12(20-8-10)13(16)19-2/h3-6,12,15H,7-8H2,1-2H3/b14-10+/t12-/m1/s1. The maximum Gasteiger partial charge on any atom is 0.319 e. The highest BCUT2D eigenvalue weighted by Gasteiger charge is 2.29. The Balaban J connectivity index is 2.04. The van der Waals surface area contributed by atoms with E-state index in [1.54, 1.807) is 12.1 Å². The highest BCUT2D eigenvalue weighted by molar-refractivity contribution is 8.01. The van der Waals surface area contributed by atoms with Crippen molar-refractivity contribution < 1.29 is 17.9 Å². The molecule has 1 saturated heterocycles. The van der Waals surface area contributed by atoms with Crippen molar-refractivity contribution in [1.29, 1.82) is 0 Å². The molecule has 0 saturated carbocycles. The van der Waals surface area contributed by atoms with Gasteiger partial charge in [-0.25, -0.2) is 4.83 Å². The van der Waals surface area contributed by atoms with Gasteiger partial charge in [0.15, 0.2) is 0 Å². The highest BCUT2D eigenvalue weighted by Crippen LogP contribution is 2.25. The van der Waals surface area contributed by atoms with E-state index in [1.807, 2.05) is 6.92 Å². The van der Waals surface area contributed by atoms with Gasteiger partial charge in [0.25, 0.3) is 10.0 Å². The highest BCUT2D eigenvalue weighted by atomic mass is 32.2. The van der Waals surface area contributed by atoms with Crippen LogP contribution in [0.1, 0.15) is 12.0 Å². The van der Waals surface area contributed by atoms with Gasteiger partial charge in [-0.15, -0.1) is 11.8 Å². The number of hydrazone groups is 1. The summed E-state index contributed by atoms with van der Waals surface area (Å²) in [5.74, 6) is 0.197. The second-order valence-corrected chi connectivity index (χ2v) is 7.46. The lowest BCUT2D eigenvalue weighted by atomic mass is 10.2. The molecule has 1 aromatic carbocycles. The summed E-state index contributed by atoms with van der Waals surface area (Å²) in [6.07, 6.45) is 0.397. The monoisotopic (exact) mass is 328 g/mol. The summed E-state index contributed by atoms with van der Waals surface area (Å²) in [6, 6.07) is 6.50. The van der Waals surface area contributed by atoms with E-state index in [4.69, 9.17) is 0 Å². The van der Waals surface area contributed by atoms with E-state index < -0.39 is 10.0 Å². The number of nitrogens with one attached hydrogen (secondary N) is 1. The van der Waals surface area contributed by atoms with Crippen LogP contribution in [0.4, 0.5) is 0 Å². The minimum atomic E-state index is -3.67. The third-order valence-electron chi connectivity index (χ3n) is 2.99. The summed E-state index contributed by atoms with van der Waals surface area (Å²) < 4.78 is 28.8. The molecule has 0 aliphatic carbocycles. The van der Waals surface area contributed by atoms with Crippen LogP contribution >= 0.6 is 11.8 Å². The molecule has 1 fully saturated rings. The summed E-state index contributed by atoms with van der Waals surface area (Å²) in [7, 11) is -2.34. The average Bonchev–Trinajstić information content (AvgIpc) is 2.94. The molecular formula is C13H16N2O4S2. The molecule has 0 bridgehead atoms. The first-order valence-electron chi connectivity index (χ1n) is 6.26. The molecule has 21 heavy (non-hydrogen) atoms. The van der Waals surface area contributed by atoms with Gasteiger partial charge in [-0.05, 0) is 19.1 Å². The zero-order valence-electron chi connectivity index (χ0n) is 11.7. The second-order valence-electron chi connectivity index (χ2n) is 4.61. The summed E-state index contributed by atoms with van der Waals surface area (Å²) in [6.45, 7) is 1.88. The zero-order valence-corrected chi connectivity index (χ0v) is 13.3. The molecule has 1 aliphatic heterocycles. The SMILES string of the molecule is COC(=O)[C@H]1C/C(=N\NS(=O)(=O)c2ccc(C)cc2)CS1. The number of rotatable bonds is 4. The number of carbonyl (C=O) groups is 1. The van der Waals surface area contributed by atoms with Gasteiger partial charge in [-0.3, -0.25) is 4.79 Å². The first kappa shape index (κ1) is 15.8. The maximum absolute atomic E-state index is 12.1. The number of benzene rings is 1. The van der Waals surface area contributed by atoms with Gasteiger partial charge in [0.1, 0.15) is 5.25 Å². The van der Waals surface area contributed by atoms with Crippen molar-refractivity contribution in [3.8, 4) is 0 Å². The van der Waals surface area contributed by atoms with Crippen molar-refractivity contribution in [2.75, 3.05) is 12.9 Å². The molecule has 0 radical (unpaired) electrons. The van der Waals surface area contributed by atoms with Crippen molar-refractivity contribution in [3.63, 3.8) is 0 Å². The van der Waals surface area contributed by atoms with Crippen LogP contribution in [0.5, 0.6) is 0 Å². The first-order valence-corrected chi connectivity index (χ1v) is 8.79. The molecule has 2 rings (SSSR count). The van der Waals surface area contributed by atoms with Crippen LogP contribution in [-0.4, -0.2) is 38.2 Å². The van der Waals surface area contributed by atoms with Crippen molar-refractivity contribution in [3.05, 3.63) is 29.8 Å². The van der Waals surface area contributed by atoms with E-state index in [2.05, 4.69) is 14.7 Å². The molecular weight excluding hydrogens is 312 g/mol. The zero-order chi connectivity index (χ0) is 15.5. The van der Waals surface area contributed by atoms with E-state index in [0.29, 0.717) is 17.9 Å². The number of ether oxygens (including phenoxy) is 1. The van der Waals surface area contributed by atoms with Crippen LogP contribution in [-0.2, 0) is 19.6 Å². The molecule has 6 nitrogen and oxygen atoms in total. The van der Waals surface area contributed by atoms with Crippen LogP contribution in [0, 0.1) is 6.92 Å². The number of nitrogens with zero attached hydrogens (tertiary/aromatic N) is 1. The Morgan fingerprint density at radius 1 is 1.38 bits per heavy atom. The molecule has 0 amide bonds. The molecule has 1 atom stereocenters. The van der Waals surface area contributed by atoms with E-state index in [9.17, 15) is 13.2 Å². The quantitative estimate of drug-likeness (QED) is 0.665. The van der Waals surface area contributed by atoms with E-state index in [1.165, 1.54) is 31.0 Å². The minimum Gasteiger partial charge on any atom is -0.468 e. The Hall–Kier alpha value is -1.54. The summed E-state index contributed by atoms with van der Waals surface area (Å²) >= 11 is 1.39. The fraction of sp³-hybridized carbons (Fsp3) is 0.385. The van der Waals surface area contributed by atoms with Crippen molar-refractivity contribution >= 4 is 33.5 Å². The molecule has 1 heterocycles. The Morgan fingerprint density at radius 2 is 2.05 bits per heavy atom. The minimum absolute atomic E-state index is 0.160. The average molecular weight is 328 g/mol. The number of esters is 1. The molecule has 8 heteroatoms. The molecule has 1 N–H and O–H groups in total. The van der Waals surface area contributed by atoms with E-state index in [-0.39, 0.29) is 16.1 Å². The number of thioether (sulfide) groups is 1. The predicted molar refractivity (Wildman–Crippen MR) is 81.8 cm³/mol. The predicted octanol–water partition coefficient (Wildman–Crippen LogP) is 1.31. The van der Waals surface area contributed by atoms with Gasteiger partial charge in [0.05, 0.1) is 17.7 Å². The largest absolute Gasteiger partial charge is 0.468 e. The topological polar surface area (TPSA) is 84.8 Å². The molecule has 0 unspecified atom stereocenters. The number of carbonyl (C=O) groups excluding carboxylic acids is 1. The van der Waals surface area contributed by atoms with Crippen molar-refractivity contribution in [2.24, 2.45) is 5.10 Å². The van der Waals surface area contributed by atoms with Gasteiger partial charge < -0.3 is 4.74 Å². The number of sulfonamides is 1. The van der Waals surface area contributed by atoms with Gasteiger partial charge in [0.2, 0.25) is 0 Å². The maximum atomic E-state index is 12.1. The third-order valence-corrected chi connectivity index (χ3v) is 5.48. The summed E-state index contributed by atoms with van der Waals surface area (Å²) in [5.41, 5.74) is 1.61. The van der Waals surface area contributed by atoms with Crippen molar-refractivity contribution in [2.45, 2.75) is 23.5 Å². The lowest BCUT2D eigenvalue weighted by Crippen LogP contribution is -2.21. The molecule has 1 aromatic rings. The van der Waals surface area contributed by atoms with Crippen LogP contribution in [0.2, 0.25) is 0 Å². The Bertz CT molecular complexity index is 653. The van der Waals surface area contributed by atoms with E-state index in [0.717, 1.165) is 5.56 Å². The summed E-state index contributed by atoms with van der Waals surface area (Å²) in [5, 5.41) is 3.60. The Labute approximate surface area is 128 Å². The number of aryl methyl sites for hydroxylation is 1. The molecule has 0 spiro atoms. The number of hydrogen-bond acceptors (Lipinski definition) is 6. The van der Waals surface area contributed by atoms with Crippen LogP contribution in [0.25, 0.3) is 0 Å². The van der Waals surface area contributed by atoms with Crippen LogP contribution in [0.15, 0.2) is 34.3 Å². The van der Waals surface area contributed by atoms with E-state index >= 15 is 0 Å². The van der Waals surface area contributed by atoms with Crippen LogP contribution in [0.3, 0.4) is 0 Å². The molecule has 114 valence electrons. The molecule has 0 aromatic heterocycles. The van der Waals surface area contributed by atoms with Gasteiger partial charge in [-0.1, -0.05) is 17.7 Å². The Kier molecular flexibility index (Phi) is 4.89. The lowest BCUT2D eigenvalue weighted by Gasteiger charge is -2.05. The summed E-state index contributed by atoms with van der Waals surface area (Å²) in [4.78, 5) is 13.7. The van der Waals surface area contributed by atoms with Gasteiger partial charge in [0, 0.05) is 12.2 Å². The second kappa shape index (κ2) is 6.48. The smallest absolute Gasteiger partial charge is 0.319 e. The van der Waals surface area contributed by atoms with Crippen LogP contribution < -0.4 is 4.83 Å². The van der Waals surface area contributed by atoms with Crippen molar-refractivity contribution in [1.82, 2.24) is 4.83 Å². The number of hydrogen-bond donors (Lipinski definition) is 1. The van der Waals surface area contributed by atoms with Gasteiger partial charge in [-0.2, -0.15) is 13.5 Å². The third kappa shape index (κ3) is 3.98. The molecule has 1 aliphatic rings.